The smallest absolute Gasteiger partial charge is 0.435 e. The summed E-state index contributed by atoms with van der Waals surface area (Å²) in [5, 5.41) is 3.32. The molecule has 1 aliphatic carbocycles. The fraction of sp³-hybridized carbons (Fsp3) is 0.292. The zero-order valence-electron chi connectivity index (χ0n) is 19.6. The molecule has 1 aromatic carbocycles. The number of halogens is 5. The number of alkyl halides is 3. The molecular weight excluding hydrogens is 499 g/mol. The van der Waals surface area contributed by atoms with Crippen LogP contribution in [0.3, 0.4) is 0 Å². The Hall–Kier alpha value is -4.16. The number of methoxy groups -OCH3 is 1. The predicted octanol–water partition coefficient (Wildman–Crippen LogP) is 5.19. The summed E-state index contributed by atoms with van der Waals surface area (Å²) in [7, 11) is 1.48. The average molecular weight is 518 g/mol. The quantitative estimate of drug-likeness (QED) is 0.311. The van der Waals surface area contributed by atoms with Crippen molar-refractivity contribution in [2.75, 3.05) is 7.11 Å². The van der Waals surface area contributed by atoms with Gasteiger partial charge in [-0.3, -0.25) is 0 Å². The van der Waals surface area contributed by atoms with E-state index in [1.807, 2.05) is 0 Å². The van der Waals surface area contributed by atoms with Gasteiger partial charge < -0.3 is 9.47 Å². The summed E-state index contributed by atoms with van der Waals surface area (Å²) in [6.45, 7) is 1.00. The molecule has 3 aromatic heterocycles. The molecule has 0 N–H and O–H groups in total. The molecule has 5 rings (SSSR count). The maximum Gasteiger partial charge on any atom is 0.435 e. The highest BCUT2D eigenvalue weighted by Crippen LogP contribution is 2.44. The molecule has 4 aromatic rings. The van der Waals surface area contributed by atoms with Crippen LogP contribution in [0, 0.1) is 18.6 Å². The molecule has 0 amide bonds. The lowest BCUT2D eigenvalue weighted by Gasteiger charge is -2.12. The highest BCUT2D eigenvalue weighted by atomic mass is 19.4. The van der Waals surface area contributed by atoms with Gasteiger partial charge in [0.05, 0.1) is 12.8 Å². The van der Waals surface area contributed by atoms with E-state index < -0.39 is 29.2 Å². The summed E-state index contributed by atoms with van der Waals surface area (Å²) in [6.07, 6.45) is 0.0854. The SMILES string of the molecule is COc1ncnc(C2CC2)c1-c1nccc(OCc2cc(F)c(-n3nc(C(F)(F)F)cc3C)c(F)c2)n1. The minimum atomic E-state index is -4.75. The largest absolute Gasteiger partial charge is 0.480 e. The van der Waals surface area contributed by atoms with Crippen LogP contribution >= 0.6 is 0 Å². The highest BCUT2D eigenvalue weighted by Gasteiger charge is 2.35. The number of hydrogen-bond donors (Lipinski definition) is 0. The van der Waals surface area contributed by atoms with Crippen molar-refractivity contribution < 1.29 is 31.4 Å². The molecule has 3 heterocycles. The maximum absolute atomic E-state index is 14.8. The molecule has 0 bridgehead atoms. The third kappa shape index (κ3) is 4.93. The van der Waals surface area contributed by atoms with Gasteiger partial charge in [-0.05, 0) is 43.5 Å². The van der Waals surface area contributed by atoms with Gasteiger partial charge in [0, 0.05) is 23.9 Å². The van der Waals surface area contributed by atoms with Crippen molar-refractivity contribution in [2.45, 2.75) is 38.5 Å². The molecule has 0 aliphatic heterocycles. The summed E-state index contributed by atoms with van der Waals surface area (Å²) in [5.41, 5.74) is -0.628. The molecule has 1 saturated carbocycles. The van der Waals surface area contributed by atoms with E-state index in [-0.39, 0.29) is 35.5 Å². The van der Waals surface area contributed by atoms with Gasteiger partial charge in [-0.15, -0.1) is 0 Å². The molecule has 0 spiro atoms. The molecule has 0 atom stereocenters. The lowest BCUT2D eigenvalue weighted by atomic mass is 10.1. The van der Waals surface area contributed by atoms with E-state index in [0.29, 0.717) is 22.2 Å². The summed E-state index contributed by atoms with van der Waals surface area (Å²) in [5.74, 6) is -1.21. The van der Waals surface area contributed by atoms with Gasteiger partial charge in [0.2, 0.25) is 11.8 Å². The third-order valence-electron chi connectivity index (χ3n) is 5.71. The van der Waals surface area contributed by atoms with Gasteiger partial charge in [-0.1, -0.05) is 0 Å². The van der Waals surface area contributed by atoms with Crippen LogP contribution in [0.4, 0.5) is 22.0 Å². The predicted molar refractivity (Wildman–Crippen MR) is 119 cm³/mol. The number of rotatable bonds is 7. The standard InChI is InChI=1S/C24H19F5N6O2/c1-12-7-17(24(27,28)29)34-35(12)21-15(25)8-13(9-16(21)26)10-37-18-5-6-30-22(33-18)19-20(14-3-4-14)31-11-32-23(19)36-2/h5-9,11,14H,3-4,10H2,1-2H3. The van der Waals surface area contributed by atoms with Crippen molar-refractivity contribution in [2.24, 2.45) is 0 Å². The lowest BCUT2D eigenvalue weighted by molar-refractivity contribution is -0.141. The minimum absolute atomic E-state index is 0.0754. The Bertz CT molecular complexity index is 1450. The monoisotopic (exact) mass is 518 g/mol. The summed E-state index contributed by atoms with van der Waals surface area (Å²) in [6, 6.07) is 4.12. The van der Waals surface area contributed by atoms with Gasteiger partial charge in [-0.2, -0.15) is 23.3 Å². The Morgan fingerprint density at radius 2 is 1.78 bits per heavy atom. The second-order valence-electron chi connectivity index (χ2n) is 8.41. The van der Waals surface area contributed by atoms with Crippen molar-refractivity contribution in [1.82, 2.24) is 29.7 Å². The van der Waals surface area contributed by atoms with Crippen molar-refractivity contribution in [3.8, 4) is 28.8 Å². The molecule has 8 nitrogen and oxygen atoms in total. The Balaban J connectivity index is 1.39. The fourth-order valence-corrected chi connectivity index (χ4v) is 3.86. The lowest BCUT2D eigenvalue weighted by Crippen LogP contribution is -2.10. The molecule has 0 radical (unpaired) electrons. The molecule has 13 heteroatoms. The number of benzene rings is 1. The first-order valence-electron chi connectivity index (χ1n) is 11.1. The Morgan fingerprint density at radius 1 is 1.05 bits per heavy atom. The van der Waals surface area contributed by atoms with Gasteiger partial charge in [-0.25, -0.2) is 28.4 Å². The van der Waals surface area contributed by atoms with E-state index in [1.54, 1.807) is 0 Å². The van der Waals surface area contributed by atoms with E-state index >= 15 is 0 Å². The second-order valence-corrected chi connectivity index (χ2v) is 8.41. The van der Waals surface area contributed by atoms with Crippen LogP contribution in [0.1, 0.15) is 41.4 Å². The fourth-order valence-electron chi connectivity index (χ4n) is 3.86. The zero-order valence-corrected chi connectivity index (χ0v) is 19.6. The Kier molecular flexibility index (Phi) is 6.21. The molecule has 1 fully saturated rings. The number of aryl methyl sites for hydroxylation is 1. The van der Waals surface area contributed by atoms with Crippen LogP contribution in [0.25, 0.3) is 17.1 Å². The number of aromatic nitrogens is 6. The van der Waals surface area contributed by atoms with Crippen LogP contribution in [0.2, 0.25) is 0 Å². The first-order valence-corrected chi connectivity index (χ1v) is 11.1. The van der Waals surface area contributed by atoms with Gasteiger partial charge >= 0.3 is 6.18 Å². The van der Waals surface area contributed by atoms with Gasteiger partial charge in [0.15, 0.2) is 23.2 Å². The molecule has 192 valence electrons. The first kappa shape index (κ1) is 24.5. The normalized spacial score (nSPS) is 13.6. The van der Waals surface area contributed by atoms with Crippen LogP contribution in [0.5, 0.6) is 11.8 Å². The van der Waals surface area contributed by atoms with Crippen LogP contribution < -0.4 is 9.47 Å². The third-order valence-corrected chi connectivity index (χ3v) is 5.71. The van der Waals surface area contributed by atoms with Gasteiger partial charge in [0.1, 0.15) is 24.2 Å². The Morgan fingerprint density at radius 3 is 2.41 bits per heavy atom. The van der Waals surface area contributed by atoms with E-state index in [0.717, 1.165) is 30.7 Å². The van der Waals surface area contributed by atoms with E-state index in [2.05, 4.69) is 25.0 Å². The summed E-state index contributed by atoms with van der Waals surface area (Å²) >= 11 is 0. The second kappa shape index (κ2) is 9.37. The van der Waals surface area contributed by atoms with E-state index in [9.17, 15) is 22.0 Å². The molecule has 37 heavy (non-hydrogen) atoms. The molecule has 1 aliphatic rings. The van der Waals surface area contributed by atoms with Crippen molar-refractivity contribution in [3.05, 3.63) is 71.1 Å². The number of hydrogen-bond acceptors (Lipinski definition) is 7. The van der Waals surface area contributed by atoms with Crippen molar-refractivity contribution >= 4 is 0 Å². The van der Waals surface area contributed by atoms with Gasteiger partial charge in [0.25, 0.3) is 0 Å². The Labute approximate surface area is 207 Å². The minimum Gasteiger partial charge on any atom is -0.480 e. The zero-order chi connectivity index (χ0) is 26.3. The average Bonchev–Trinajstić information content (AvgIpc) is 3.63. The van der Waals surface area contributed by atoms with Crippen LogP contribution in [0.15, 0.2) is 36.8 Å². The van der Waals surface area contributed by atoms with Crippen LogP contribution in [-0.2, 0) is 12.8 Å². The molecule has 0 unspecified atom stereocenters. The van der Waals surface area contributed by atoms with Crippen molar-refractivity contribution in [3.63, 3.8) is 0 Å². The first-order chi connectivity index (χ1) is 17.7. The van der Waals surface area contributed by atoms with Crippen LogP contribution in [-0.4, -0.2) is 36.8 Å². The van der Waals surface area contributed by atoms with Crippen molar-refractivity contribution in [1.29, 1.82) is 0 Å². The number of ether oxygens (including phenoxy) is 2. The maximum atomic E-state index is 14.8. The summed E-state index contributed by atoms with van der Waals surface area (Å²) < 4.78 is 80.1. The summed E-state index contributed by atoms with van der Waals surface area (Å²) in [4.78, 5) is 17.2. The molecule has 0 saturated heterocycles. The topological polar surface area (TPSA) is 87.8 Å². The highest BCUT2D eigenvalue weighted by molar-refractivity contribution is 5.66. The van der Waals surface area contributed by atoms with E-state index in [4.69, 9.17) is 9.47 Å². The molecular formula is C24H19F5N6O2. The van der Waals surface area contributed by atoms with E-state index in [1.165, 1.54) is 32.6 Å². The number of nitrogens with zero attached hydrogens (tertiary/aromatic N) is 6.